The Bertz CT molecular complexity index is 806. The summed E-state index contributed by atoms with van der Waals surface area (Å²) in [6.45, 7) is 0. The lowest BCUT2D eigenvalue weighted by atomic mass is 9.92. The summed E-state index contributed by atoms with van der Waals surface area (Å²) in [6, 6.07) is 8.82. The second kappa shape index (κ2) is 7.54. The van der Waals surface area contributed by atoms with E-state index in [-0.39, 0.29) is 33.9 Å². The van der Waals surface area contributed by atoms with Crippen molar-refractivity contribution in [1.29, 1.82) is 0 Å². The van der Waals surface area contributed by atoms with Crippen molar-refractivity contribution in [2.75, 3.05) is 27.1 Å². The molecular formula is C17H19N3O5. The maximum atomic E-state index is 12.4. The minimum absolute atomic E-state index is 0.0111. The van der Waals surface area contributed by atoms with Gasteiger partial charge in [-0.15, -0.1) is 0 Å². The van der Waals surface area contributed by atoms with Gasteiger partial charge in [-0.05, 0) is 5.56 Å². The van der Waals surface area contributed by atoms with Crippen molar-refractivity contribution >= 4 is 17.5 Å². The number of hydrogen-bond acceptors (Lipinski definition) is 6. The van der Waals surface area contributed by atoms with E-state index in [1.54, 1.807) is 24.3 Å². The van der Waals surface area contributed by atoms with Crippen LogP contribution in [0.3, 0.4) is 0 Å². The van der Waals surface area contributed by atoms with Crippen molar-refractivity contribution < 1.29 is 23.9 Å². The highest BCUT2D eigenvalue weighted by atomic mass is 16.6. The van der Waals surface area contributed by atoms with E-state index in [9.17, 15) is 9.59 Å². The van der Waals surface area contributed by atoms with Crippen LogP contribution in [-0.4, -0.2) is 33.1 Å². The molecule has 5 N–H and O–H groups in total. The fourth-order valence-electron chi connectivity index (χ4n) is 2.62. The van der Waals surface area contributed by atoms with Crippen LogP contribution >= 0.6 is 0 Å². The number of carbonyl (C=O) groups excluding carboxylic acids is 2. The maximum absolute atomic E-state index is 12.4. The fourth-order valence-corrected chi connectivity index (χ4v) is 2.62. The van der Waals surface area contributed by atoms with E-state index in [1.165, 1.54) is 21.3 Å². The highest BCUT2D eigenvalue weighted by Crippen LogP contribution is 2.45. The molecule has 2 rings (SSSR count). The topological polar surface area (TPSA) is 126 Å². The average Bonchev–Trinajstić information content (AvgIpc) is 2.61. The van der Waals surface area contributed by atoms with Crippen molar-refractivity contribution in [3.63, 3.8) is 0 Å². The predicted molar refractivity (Wildman–Crippen MR) is 92.4 cm³/mol. The van der Waals surface area contributed by atoms with Gasteiger partial charge in [0.05, 0.1) is 32.6 Å². The van der Waals surface area contributed by atoms with E-state index in [0.29, 0.717) is 5.56 Å². The quantitative estimate of drug-likeness (QED) is 0.536. The molecule has 0 bridgehead atoms. The zero-order valence-electron chi connectivity index (χ0n) is 14.1. The second-order valence-electron chi connectivity index (χ2n) is 4.97. The lowest BCUT2D eigenvalue weighted by molar-refractivity contribution is 0.0535. The van der Waals surface area contributed by atoms with Gasteiger partial charge in [-0.2, -0.15) is 0 Å². The van der Waals surface area contributed by atoms with Gasteiger partial charge in [0, 0.05) is 5.56 Å². The standard InChI is InChI=1S/C17H19N3O5/c1-23-14-11(16(19)21)10(9-7-5-4-6-8-9)13(18)12(15(14)24-2)17(22)20-25-3/h4-8H,18H2,1-3H3,(H2,19,21)(H,20,22). The van der Waals surface area contributed by atoms with Crippen molar-refractivity contribution in [1.82, 2.24) is 5.48 Å². The first-order valence-electron chi connectivity index (χ1n) is 7.23. The first kappa shape index (κ1) is 18.1. The van der Waals surface area contributed by atoms with E-state index >= 15 is 0 Å². The van der Waals surface area contributed by atoms with Crippen molar-refractivity contribution in [3.05, 3.63) is 41.5 Å². The number of carbonyl (C=O) groups is 2. The van der Waals surface area contributed by atoms with Crippen LogP contribution in [0.1, 0.15) is 20.7 Å². The summed E-state index contributed by atoms with van der Waals surface area (Å²) in [7, 11) is 3.95. The van der Waals surface area contributed by atoms with E-state index < -0.39 is 11.8 Å². The smallest absolute Gasteiger partial charge is 0.280 e. The Balaban J connectivity index is 2.97. The van der Waals surface area contributed by atoms with Crippen LogP contribution in [0.5, 0.6) is 11.5 Å². The van der Waals surface area contributed by atoms with E-state index in [0.717, 1.165) is 0 Å². The molecule has 0 heterocycles. The van der Waals surface area contributed by atoms with Crippen LogP contribution < -0.4 is 26.4 Å². The van der Waals surface area contributed by atoms with Gasteiger partial charge in [-0.1, -0.05) is 30.3 Å². The van der Waals surface area contributed by atoms with Gasteiger partial charge in [0.2, 0.25) is 0 Å². The fraction of sp³-hybridized carbons (Fsp3) is 0.176. The van der Waals surface area contributed by atoms with Crippen molar-refractivity contribution in [2.45, 2.75) is 0 Å². The number of methoxy groups -OCH3 is 2. The highest BCUT2D eigenvalue weighted by molar-refractivity contribution is 6.13. The van der Waals surface area contributed by atoms with E-state index in [4.69, 9.17) is 20.9 Å². The van der Waals surface area contributed by atoms with Gasteiger partial charge < -0.3 is 20.9 Å². The lowest BCUT2D eigenvalue weighted by Gasteiger charge is -2.21. The Morgan fingerprint density at radius 3 is 2.00 bits per heavy atom. The van der Waals surface area contributed by atoms with Crippen molar-refractivity contribution in [3.8, 4) is 22.6 Å². The summed E-state index contributed by atoms with van der Waals surface area (Å²) >= 11 is 0. The molecule has 2 aromatic rings. The molecule has 0 aliphatic carbocycles. The molecule has 0 saturated heterocycles. The molecule has 0 radical (unpaired) electrons. The van der Waals surface area contributed by atoms with Crippen LogP contribution in [0.25, 0.3) is 11.1 Å². The third-order valence-corrected chi connectivity index (χ3v) is 3.59. The predicted octanol–water partition coefficient (Wildman–Crippen LogP) is 1.34. The maximum Gasteiger partial charge on any atom is 0.280 e. The molecule has 0 aromatic heterocycles. The number of hydrogen-bond donors (Lipinski definition) is 3. The SMILES string of the molecule is CONC(=O)c1c(N)c(-c2ccccc2)c(C(N)=O)c(OC)c1OC. The molecule has 8 heteroatoms. The minimum atomic E-state index is -0.764. The van der Waals surface area contributed by atoms with Gasteiger partial charge in [0.15, 0.2) is 11.5 Å². The van der Waals surface area contributed by atoms with Crippen molar-refractivity contribution in [2.24, 2.45) is 5.73 Å². The molecule has 132 valence electrons. The van der Waals surface area contributed by atoms with Crippen LogP contribution in [0.2, 0.25) is 0 Å². The molecule has 8 nitrogen and oxygen atoms in total. The summed E-state index contributed by atoms with van der Waals surface area (Å²) in [5, 5.41) is 0. The summed E-state index contributed by atoms with van der Waals surface area (Å²) < 4.78 is 10.6. The zero-order valence-corrected chi connectivity index (χ0v) is 14.1. The first-order chi connectivity index (χ1) is 12.0. The van der Waals surface area contributed by atoms with Gasteiger partial charge in [-0.25, -0.2) is 5.48 Å². The summed E-state index contributed by atoms with van der Waals surface area (Å²) in [4.78, 5) is 29.2. The van der Waals surface area contributed by atoms with Crippen LogP contribution in [0.15, 0.2) is 30.3 Å². The number of nitrogen functional groups attached to an aromatic ring is 1. The number of primary amides is 1. The highest BCUT2D eigenvalue weighted by Gasteiger charge is 2.31. The third kappa shape index (κ3) is 3.20. The van der Waals surface area contributed by atoms with E-state index in [1.807, 2.05) is 6.07 Å². The number of nitrogens with one attached hydrogen (secondary N) is 1. The van der Waals surface area contributed by atoms with Gasteiger partial charge in [0.1, 0.15) is 5.56 Å². The molecule has 2 amide bonds. The largest absolute Gasteiger partial charge is 0.492 e. The molecule has 25 heavy (non-hydrogen) atoms. The summed E-state index contributed by atoms with van der Waals surface area (Å²) in [5.41, 5.74) is 14.9. The molecule has 0 spiro atoms. The number of ether oxygens (including phenoxy) is 2. The molecule has 2 aromatic carbocycles. The van der Waals surface area contributed by atoms with E-state index in [2.05, 4.69) is 10.3 Å². The summed E-state index contributed by atoms with van der Waals surface area (Å²) in [6.07, 6.45) is 0. The molecular weight excluding hydrogens is 326 g/mol. The molecule has 0 unspecified atom stereocenters. The van der Waals surface area contributed by atoms with Gasteiger partial charge >= 0.3 is 0 Å². The van der Waals surface area contributed by atoms with Gasteiger partial charge in [0.25, 0.3) is 11.8 Å². The zero-order chi connectivity index (χ0) is 18.6. The molecule has 0 aliphatic rings. The molecule has 0 saturated carbocycles. The minimum Gasteiger partial charge on any atom is -0.492 e. The third-order valence-electron chi connectivity index (χ3n) is 3.59. The number of nitrogens with two attached hydrogens (primary N) is 2. The number of hydroxylamine groups is 1. The number of benzene rings is 2. The van der Waals surface area contributed by atoms with Gasteiger partial charge in [-0.3, -0.25) is 14.4 Å². The number of anilines is 1. The molecule has 0 fully saturated rings. The monoisotopic (exact) mass is 345 g/mol. The second-order valence-corrected chi connectivity index (χ2v) is 4.97. The Morgan fingerprint density at radius 1 is 0.960 bits per heavy atom. The van der Waals surface area contributed by atoms with Crippen LogP contribution in [0, 0.1) is 0 Å². The lowest BCUT2D eigenvalue weighted by Crippen LogP contribution is -2.25. The Morgan fingerprint density at radius 2 is 1.52 bits per heavy atom. The Labute approximate surface area is 144 Å². The molecule has 0 atom stereocenters. The van der Waals surface area contributed by atoms with Crippen LogP contribution in [-0.2, 0) is 4.84 Å². The number of rotatable bonds is 6. The normalized spacial score (nSPS) is 10.2. The summed E-state index contributed by atoms with van der Waals surface area (Å²) in [5.74, 6) is -1.41. The Kier molecular flexibility index (Phi) is 5.45. The first-order valence-corrected chi connectivity index (χ1v) is 7.23. The Hall–Kier alpha value is -3.26. The molecule has 0 aliphatic heterocycles. The average molecular weight is 345 g/mol. The van der Waals surface area contributed by atoms with Crippen LogP contribution in [0.4, 0.5) is 5.69 Å². The number of amides is 2.